The van der Waals surface area contributed by atoms with Crippen LogP contribution in [0.5, 0.6) is 11.5 Å². The van der Waals surface area contributed by atoms with Crippen LogP contribution in [-0.4, -0.2) is 45.2 Å². The topological polar surface area (TPSA) is 72.9 Å². The van der Waals surface area contributed by atoms with Gasteiger partial charge in [-0.15, -0.1) is 0 Å². The van der Waals surface area contributed by atoms with Crippen LogP contribution in [0.25, 0.3) is 0 Å². The molecule has 1 unspecified atom stereocenters. The van der Waals surface area contributed by atoms with E-state index >= 15 is 0 Å². The maximum atomic E-state index is 13.5. The molecule has 1 fully saturated rings. The zero-order chi connectivity index (χ0) is 21.8. The normalized spacial score (nSPS) is 21.7. The number of carbonyl (C=O) groups is 1. The van der Waals surface area contributed by atoms with E-state index in [1.54, 1.807) is 12.1 Å². The van der Waals surface area contributed by atoms with Gasteiger partial charge in [0.25, 0.3) is 5.91 Å². The number of rotatable bonds is 2. The number of hydrogen-bond acceptors (Lipinski definition) is 5. The Morgan fingerprint density at radius 2 is 1.65 bits per heavy atom. The van der Waals surface area contributed by atoms with Crippen molar-refractivity contribution in [2.45, 2.75) is 49.0 Å². The Balaban J connectivity index is 1.55. The molecule has 0 radical (unpaired) electrons. The molecule has 1 aliphatic carbocycles. The molecule has 0 saturated heterocycles. The van der Waals surface area contributed by atoms with E-state index in [-0.39, 0.29) is 22.3 Å². The minimum atomic E-state index is -3.30. The Morgan fingerprint density at radius 1 is 1.03 bits per heavy atom. The second-order valence-corrected chi connectivity index (χ2v) is 11.0. The van der Waals surface area contributed by atoms with Gasteiger partial charge in [-0.25, -0.2) is 8.42 Å². The second-order valence-electron chi connectivity index (χ2n) is 8.98. The molecular formula is C24H27NO5S. The van der Waals surface area contributed by atoms with Crippen LogP contribution < -0.4 is 9.47 Å². The lowest BCUT2D eigenvalue weighted by Crippen LogP contribution is -2.48. The molecule has 3 aliphatic rings. The van der Waals surface area contributed by atoms with Crippen LogP contribution >= 0.6 is 0 Å². The molecule has 1 amide bonds. The molecule has 0 N–H and O–H groups in total. The molecular weight excluding hydrogens is 414 g/mol. The van der Waals surface area contributed by atoms with Gasteiger partial charge in [0.2, 0.25) is 0 Å². The van der Waals surface area contributed by atoms with Gasteiger partial charge in [0.05, 0.1) is 10.9 Å². The number of hydrogen-bond donors (Lipinski definition) is 0. The van der Waals surface area contributed by atoms with Gasteiger partial charge in [0.15, 0.2) is 21.3 Å². The predicted octanol–water partition coefficient (Wildman–Crippen LogP) is 3.89. The smallest absolute Gasteiger partial charge is 0.254 e. The van der Waals surface area contributed by atoms with Crippen molar-refractivity contribution in [1.82, 2.24) is 4.90 Å². The molecule has 7 heteroatoms. The fraction of sp³-hybridized carbons (Fsp3) is 0.458. The van der Waals surface area contributed by atoms with E-state index in [1.807, 2.05) is 4.90 Å². The van der Waals surface area contributed by atoms with Crippen LogP contribution in [-0.2, 0) is 15.3 Å². The summed E-state index contributed by atoms with van der Waals surface area (Å²) in [5.41, 5.74) is 2.85. The van der Waals surface area contributed by atoms with Gasteiger partial charge < -0.3 is 14.4 Å². The maximum Gasteiger partial charge on any atom is 0.254 e. The molecule has 0 aromatic heterocycles. The Hall–Kier alpha value is -2.54. The highest BCUT2D eigenvalue weighted by atomic mass is 32.2. The molecule has 2 heterocycles. The van der Waals surface area contributed by atoms with Crippen LogP contribution in [0.3, 0.4) is 0 Å². The lowest BCUT2D eigenvalue weighted by atomic mass is 9.71. The van der Waals surface area contributed by atoms with E-state index in [0.29, 0.717) is 25.3 Å². The van der Waals surface area contributed by atoms with Gasteiger partial charge in [-0.2, -0.15) is 0 Å². The maximum absolute atomic E-state index is 13.5. The summed E-state index contributed by atoms with van der Waals surface area (Å²) in [7, 11) is -3.30. The summed E-state index contributed by atoms with van der Waals surface area (Å²) in [6.45, 7) is 3.80. The molecule has 1 spiro atoms. The molecule has 6 nitrogen and oxygen atoms in total. The summed E-state index contributed by atoms with van der Waals surface area (Å²) in [6, 6.07) is 10.3. The third-order valence-electron chi connectivity index (χ3n) is 7.03. The number of amides is 1. The van der Waals surface area contributed by atoms with Gasteiger partial charge in [0.1, 0.15) is 13.2 Å². The SMILES string of the molecule is CC1c2cc3c(cc2C2(CCCC2)CN1C(=O)c1ccc(S(C)(=O)=O)cc1)OCCO3. The summed E-state index contributed by atoms with van der Waals surface area (Å²) >= 11 is 0. The number of sulfone groups is 1. The van der Waals surface area contributed by atoms with E-state index < -0.39 is 9.84 Å². The van der Waals surface area contributed by atoms with Crippen molar-refractivity contribution < 1.29 is 22.7 Å². The van der Waals surface area contributed by atoms with Crippen LogP contribution in [0.15, 0.2) is 41.3 Å². The van der Waals surface area contributed by atoms with Gasteiger partial charge in [-0.05, 0) is 67.3 Å². The van der Waals surface area contributed by atoms with Crippen LogP contribution in [0, 0.1) is 0 Å². The fourth-order valence-corrected chi connectivity index (χ4v) is 5.99. The minimum Gasteiger partial charge on any atom is -0.486 e. The number of benzene rings is 2. The number of ether oxygens (including phenoxy) is 2. The summed E-state index contributed by atoms with van der Waals surface area (Å²) in [5, 5.41) is 0. The van der Waals surface area contributed by atoms with Crippen molar-refractivity contribution in [2.24, 2.45) is 0 Å². The van der Waals surface area contributed by atoms with Crippen molar-refractivity contribution in [2.75, 3.05) is 26.0 Å². The van der Waals surface area contributed by atoms with Crippen molar-refractivity contribution in [1.29, 1.82) is 0 Å². The van der Waals surface area contributed by atoms with E-state index in [1.165, 1.54) is 24.0 Å². The zero-order valence-electron chi connectivity index (χ0n) is 17.9. The molecule has 164 valence electrons. The molecule has 31 heavy (non-hydrogen) atoms. The lowest BCUT2D eigenvalue weighted by Gasteiger charge is -2.46. The number of carbonyl (C=O) groups excluding carboxylic acids is 1. The van der Waals surface area contributed by atoms with Gasteiger partial charge in [-0.3, -0.25) is 4.79 Å². The number of fused-ring (bicyclic) bond motifs is 3. The standard InChI is InChI=1S/C24H27NO5S/c1-16-19-13-21-22(30-12-11-29-21)14-20(19)24(9-3-4-10-24)15-25(16)23(26)17-5-7-18(8-6-17)31(2,27)28/h5-8,13-14,16H,3-4,9-12,15H2,1-2H3. The van der Waals surface area contributed by atoms with E-state index in [0.717, 1.165) is 42.7 Å². The quantitative estimate of drug-likeness (QED) is 0.707. The summed E-state index contributed by atoms with van der Waals surface area (Å²) in [4.78, 5) is 15.7. The van der Waals surface area contributed by atoms with Crippen LogP contribution in [0.1, 0.15) is 60.1 Å². The lowest BCUT2D eigenvalue weighted by molar-refractivity contribution is 0.0593. The first-order valence-corrected chi connectivity index (χ1v) is 12.7. The average Bonchev–Trinajstić information content (AvgIpc) is 3.24. The van der Waals surface area contributed by atoms with Crippen LogP contribution in [0.4, 0.5) is 0 Å². The number of nitrogens with zero attached hydrogens (tertiary/aromatic N) is 1. The first kappa shape index (κ1) is 20.4. The predicted molar refractivity (Wildman–Crippen MR) is 117 cm³/mol. The largest absolute Gasteiger partial charge is 0.486 e. The minimum absolute atomic E-state index is 0.0694. The van der Waals surface area contributed by atoms with Gasteiger partial charge >= 0.3 is 0 Å². The van der Waals surface area contributed by atoms with E-state index in [4.69, 9.17) is 9.47 Å². The fourth-order valence-electron chi connectivity index (χ4n) is 5.36. The summed E-state index contributed by atoms with van der Waals surface area (Å²) < 4.78 is 35.2. The van der Waals surface area contributed by atoms with E-state index in [2.05, 4.69) is 19.1 Å². The summed E-state index contributed by atoms with van der Waals surface area (Å²) in [5.74, 6) is 1.48. The molecule has 1 saturated carbocycles. The first-order valence-electron chi connectivity index (χ1n) is 10.8. The second kappa shape index (κ2) is 7.26. The Morgan fingerprint density at radius 3 is 2.26 bits per heavy atom. The summed E-state index contributed by atoms with van der Waals surface area (Å²) in [6.07, 6.45) is 5.55. The third-order valence-corrected chi connectivity index (χ3v) is 8.16. The van der Waals surface area contributed by atoms with Crippen molar-refractivity contribution >= 4 is 15.7 Å². The Bertz CT molecular complexity index is 1130. The molecule has 2 aromatic carbocycles. The highest BCUT2D eigenvalue weighted by Gasteiger charge is 2.46. The van der Waals surface area contributed by atoms with Gasteiger partial charge in [-0.1, -0.05) is 12.8 Å². The highest BCUT2D eigenvalue weighted by molar-refractivity contribution is 7.90. The monoisotopic (exact) mass is 441 g/mol. The van der Waals surface area contributed by atoms with Gasteiger partial charge in [0, 0.05) is 23.8 Å². The average molecular weight is 442 g/mol. The molecule has 2 aliphatic heterocycles. The Labute approximate surface area is 183 Å². The highest BCUT2D eigenvalue weighted by Crippen LogP contribution is 2.52. The zero-order valence-corrected chi connectivity index (χ0v) is 18.7. The third kappa shape index (κ3) is 3.39. The molecule has 0 bridgehead atoms. The molecule has 2 aromatic rings. The molecule has 1 atom stereocenters. The van der Waals surface area contributed by atoms with Crippen molar-refractivity contribution in [3.05, 3.63) is 53.1 Å². The van der Waals surface area contributed by atoms with Crippen molar-refractivity contribution in [3.63, 3.8) is 0 Å². The van der Waals surface area contributed by atoms with Crippen molar-refractivity contribution in [3.8, 4) is 11.5 Å². The molecule has 5 rings (SSSR count). The van der Waals surface area contributed by atoms with E-state index in [9.17, 15) is 13.2 Å². The van der Waals surface area contributed by atoms with Crippen LogP contribution in [0.2, 0.25) is 0 Å². The Kier molecular flexibility index (Phi) is 4.77. The first-order chi connectivity index (χ1) is 14.8.